The van der Waals surface area contributed by atoms with Crippen LogP contribution in [-0.4, -0.2) is 37.5 Å². The van der Waals surface area contributed by atoms with E-state index in [1.807, 2.05) is 48.7 Å². The van der Waals surface area contributed by atoms with Gasteiger partial charge in [0.1, 0.15) is 5.75 Å². The number of thioether (sulfide) groups is 1. The van der Waals surface area contributed by atoms with Crippen molar-refractivity contribution in [3.63, 3.8) is 0 Å². The predicted octanol–water partition coefficient (Wildman–Crippen LogP) is 3.64. The molecular weight excluding hydrogens is 372 g/mol. The van der Waals surface area contributed by atoms with Gasteiger partial charge in [-0.05, 0) is 53.1 Å². The summed E-state index contributed by atoms with van der Waals surface area (Å²) in [5.41, 5.74) is 0.843. The van der Waals surface area contributed by atoms with Crippen LogP contribution >= 0.6 is 23.1 Å². The van der Waals surface area contributed by atoms with Crippen molar-refractivity contribution >= 4 is 23.1 Å². The van der Waals surface area contributed by atoms with Crippen LogP contribution in [0.4, 0.5) is 0 Å². The first-order valence-electron chi connectivity index (χ1n) is 7.71. The van der Waals surface area contributed by atoms with Gasteiger partial charge >= 0.3 is 0 Å². The molecule has 0 aliphatic heterocycles. The highest BCUT2D eigenvalue weighted by Gasteiger charge is 2.20. The van der Waals surface area contributed by atoms with Crippen LogP contribution in [0.25, 0.3) is 16.5 Å². The first-order valence-corrected chi connectivity index (χ1v) is 9.47. The third-order valence-electron chi connectivity index (χ3n) is 3.56. The zero-order valence-corrected chi connectivity index (χ0v) is 15.6. The Kier molecular flexibility index (Phi) is 4.67. The van der Waals surface area contributed by atoms with Gasteiger partial charge in [-0.2, -0.15) is 4.68 Å². The Labute approximate surface area is 157 Å². The largest absolute Gasteiger partial charge is 0.497 e. The summed E-state index contributed by atoms with van der Waals surface area (Å²) in [5.74, 6) is 1.83. The highest BCUT2D eigenvalue weighted by atomic mass is 32.2. The zero-order chi connectivity index (χ0) is 17.9. The van der Waals surface area contributed by atoms with Gasteiger partial charge in [0.15, 0.2) is 0 Å². The van der Waals surface area contributed by atoms with E-state index in [-0.39, 0.29) is 5.25 Å². The lowest BCUT2D eigenvalue weighted by atomic mass is 10.3. The number of hydrogen-bond donors (Lipinski definition) is 0. The number of tetrazole rings is 1. The minimum absolute atomic E-state index is 0.0980. The van der Waals surface area contributed by atoms with Crippen LogP contribution in [0.5, 0.6) is 5.75 Å². The Morgan fingerprint density at radius 2 is 2.00 bits per heavy atom. The van der Waals surface area contributed by atoms with Crippen LogP contribution in [0.3, 0.4) is 0 Å². The molecule has 1 unspecified atom stereocenters. The van der Waals surface area contributed by atoms with E-state index in [0.717, 1.165) is 16.3 Å². The molecule has 0 spiro atoms. The lowest BCUT2D eigenvalue weighted by Crippen LogP contribution is -2.00. The topological polar surface area (TPSA) is 91.8 Å². The SMILES string of the molecule is COc1ccc(-n2nnnc2SC(C)c2nnc(-c3cccs3)o2)cc1. The molecule has 0 aliphatic carbocycles. The molecule has 0 N–H and O–H groups in total. The lowest BCUT2D eigenvalue weighted by Gasteiger charge is -2.07. The number of nitrogens with zero attached hydrogens (tertiary/aromatic N) is 6. The molecule has 0 saturated heterocycles. The monoisotopic (exact) mass is 386 g/mol. The van der Waals surface area contributed by atoms with E-state index >= 15 is 0 Å². The number of ether oxygens (including phenoxy) is 1. The van der Waals surface area contributed by atoms with Crippen molar-refractivity contribution in [3.05, 3.63) is 47.7 Å². The predicted molar refractivity (Wildman–Crippen MR) is 97.6 cm³/mol. The molecule has 0 bridgehead atoms. The first-order chi connectivity index (χ1) is 12.7. The summed E-state index contributed by atoms with van der Waals surface area (Å²) in [4.78, 5) is 0.948. The second kappa shape index (κ2) is 7.26. The van der Waals surface area contributed by atoms with E-state index in [0.29, 0.717) is 16.9 Å². The van der Waals surface area contributed by atoms with Gasteiger partial charge in [0.2, 0.25) is 11.0 Å². The van der Waals surface area contributed by atoms with Crippen LogP contribution in [0.15, 0.2) is 51.4 Å². The van der Waals surface area contributed by atoms with Crippen LogP contribution in [0, 0.1) is 0 Å². The van der Waals surface area contributed by atoms with Crippen molar-refractivity contribution in [2.75, 3.05) is 7.11 Å². The molecule has 0 aliphatic rings. The minimum atomic E-state index is -0.0980. The number of aromatic nitrogens is 6. The molecule has 10 heteroatoms. The average molecular weight is 386 g/mol. The van der Waals surface area contributed by atoms with Gasteiger partial charge in [0.25, 0.3) is 5.89 Å². The maximum atomic E-state index is 5.79. The van der Waals surface area contributed by atoms with Crippen molar-refractivity contribution in [1.82, 2.24) is 30.4 Å². The van der Waals surface area contributed by atoms with Gasteiger partial charge in [0.05, 0.1) is 22.9 Å². The molecule has 3 aromatic heterocycles. The highest BCUT2D eigenvalue weighted by molar-refractivity contribution is 7.99. The number of rotatable bonds is 6. The molecule has 132 valence electrons. The molecule has 1 aromatic carbocycles. The lowest BCUT2D eigenvalue weighted by molar-refractivity contribution is 0.414. The minimum Gasteiger partial charge on any atom is -0.497 e. The van der Waals surface area contributed by atoms with Gasteiger partial charge in [-0.3, -0.25) is 0 Å². The van der Waals surface area contributed by atoms with Crippen molar-refractivity contribution in [1.29, 1.82) is 0 Å². The fraction of sp³-hybridized carbons (Fsp3) is 0.188. The molecular formula is C16H14N6O2S2. The molecule has 4 rings (SSSR count). The quantitative estimate of drug-likeness (QED) is 0.464. The Balaban J connectivity index is 1.53. The molecule has 3 heterocycles. The Hall–Kier alpha value is -2.72. The molecule has 1 atom stereocenters. The zero-order valence-electron chi connectivity index (χ0n) is 13.9. The molecule has 26 heavy (non-hydrogen) atoms. The third-order valence-corrected chi connectivity index (χ3v) is 5.44. The van der Waals surface area contributed by atoms with Crippen molar-refractivity contribution in [2.45, 2.75) is 17.3 Å². The summed E-state index contributed by atoms with van der Waals surface area (Å²) >= 11 is 3.01. The summed E-state index contributed by atoms with van der Waals surface area (Å²) in [5, 5.41) is 22.7. The normalized spacial score (nSPS) is 12.2. The molecule has 8 nitrogen and oxygen atoms in total. The van der Waals surface area contributed by atoms with Crippen LogP contribution in [-0.2, 0) is 0 Å². The standard InChI is InChI=1S/C16H14N6O2S2/c1-10(14-17-18-15(24-14)13-4-3-9-25-13)26-16-19-20-21-22(16)11-5-7-12(23-2)8-6-11/h3-10H,1-2H3. The Bertz CT molecular complexity index is 981. The molecule has 0 saturated carbocycles. The fourth-order valence-electron chi connectivity index (χ4n) is 2.25. The van der Waals surface area contributed by atoms with E-state index < -0.39 is 0 Å². The van der Waals surface area contributed by atoms with E-state index in [1.165, 1.54) is 11.8 Å². The highest BCUT2D eigenvalue weighted by Crippen LogP contribution is 2.35. The van der Waals surface area contributed by atoms with Gasteiger partial charge < -0.3 is 9.15 Å². The summed E-state index contributed by atoms with van der Waals surface area (Å²) < 4.78 is 12.6. The molecule has 0 fully saturated rings. The maximum Gasteiger partial charge on any atom is 0.257 e. The second-order valence-electron chi connectivity index (χ2n) is 5.25. The number of benzene rings is 1. The summed E-state index contributed by atoms with van der Waals surface area (Å²) in [7, 11) is 1.63. The third kappa shape index (κ3) is 3.33. The number of thiophene rings is 1. The average Bonchev–Trinajstić information content (AvgIpc) is 3.42. The molecule has 4 aromatic rings. The van der Waals surface area contributed by atoms with Gasteiger partial charge in [-0.15, -0.1) is 26.6 Å². The van der Waals surface area contributed by atoms with Gasteiger partial charge in [0, 0.05) is 0 Å². The van der Waals surface area contributed by atoms with Crippen molar-refractivity contribution in [2.24, 2.45) is 0 Å². The molecule has 0 radical (unpaired) electrons. The van der Waals surface area contributed by atoms with E-state index in [4.69, 9.17) is 9.15 Å². The van der Waals surface area contributed by atoms with E-state index in [2.05, 4.69) is 25.7 Å². The summed E-state index contributed by atoms with van der Waals surface area (Å²) in [6.45, 7) is 1.98. The molecule has 0 amide bonds. The van der Waals surface area contributed by atoms with Crippen LogP contribution in [0.2, 0.25) is 0 Å². The van der Waals surface area contributed by atoms with Crippen LogP contribution in [0.1, 0.15) is 18.1 Å². The summed E-state index contributed by atoms with van der Waals surface area (Å²) in [6, 6.07) is 11.4. The smallest absolute Gasteiger partial charge is 0.257 e. The van der Waals surface area contributed by atoms with Gasteiger partial charge in [-0.25, -0.2) is 0 Å². The van der Waals surface area contributed by atoms with Crippen molar-refractivity contribution in [3.8, 4) is 22.2 Å². The van der Waals surface area contributed by atoms with Crippen molar-refractivity contribution < 1.29 is 9.15 Å². The first kappa shape index (κ1) is 16.7. The maximum absolute atomic E-state index is 5.79. The Morgan fingerprint density at radius 3 is 2.73 bits per heavy atom. The van der Waals surface area contributed by atoms with E-state index in [1.54, 1.807) is 23.1 Å². The van der Waals surface area contributed by atoms with Gasteiger partial charge in [-0.1, -0.05) is 17.8 Å². The Morgan fingerprint density at radius 1 is 1.15 bits per heavy atom. The summed E-state index contributed by atoms with van der Waals surface area (Å²) in [6.07, 6.45) is 0. The number of hydrogen-bond acceptors (Lipinski definition) is 9. The second-order valence-corrected chi connectivity index (χ2v) is 7.51. The van der Waals surface area contributed by atoms with Crippen LogP contribution < -0.4 is 4.74 Å². The number of methoxy groups -OCH3 is 1. The fourth-order valence-corrected chi connectivity index (χ4v) is 3.73. The van der Waals surface area contributed by atoms with E-state index in [9.17, 15) is 0 Å².